The van der Waals surface area contributed by atoms with Gasteiger partial charge in [0.2, 0.25) is 5.95 Å². The van der Waals surface area contributed by atoms with Gasteiger partial charge >= 0.3 is 0 Å². The van der Waals surface area contributed by atoms with Gasteiger partial charge in [-0.05, 0) is 42.5 Å². The van der Waals surface area contributed by atoms with Crippen molar-refractivity contribution >= 4 is 45.1 Å². The smallest absolute Gasteiger partial charge is 0.231 e. The first-order valence-electron chi connectivity index (χ1n) is 10.5. The molecule has 0 amide bonds. The molecule has 6 rings (SSSR count). The number of H-pyrrole nitrogens is 1. The highest BCUT2D eigenvalue weighted by Gasteiger charge is 2.16. The number of nitrogens with zero attached hydrogens (tertiary/aromatic N) is 5. The number of nitrogen functional groups attached to an aromatic ring is 1. The minimum atomic E-state index is 0.469. The summed E-state index contributed by atoms with van der Waals surface area (Å²) in [6.07, 6.45) is 1.85. The van der Waals surface area contributed by atoms with E-state index in [4.69, 9.17) is 15.5 Å². The predicted octanol–water partition coefficient (Wildman–Crippen LogP) is 3.46. The maximum atomic E-state index is 6.16. The van der Waals surface area contributed by atoms with Crippen LogP contribution in [0.2, 0.25) is 0 Å². The summed E-state index contributed by atoms with van der Waals surface area (Å²) in [4.78, 5) is 14.9. The number of hydrogen-bond donors (Lipinski definition) is 3. The Morgan fingerprint density at radius 2 is 1.75 bits per heavy atom. The van der Waals surface area contributed by atoms with Crippen LogP contribution in [0.1, 0.15) is 0 Å². The molecule has 0 bridgehead atoms. The predicted molar refractivity (Wildman–Crippen MR) is 126 cm³/mol. The normalized spacial score (nSPS) is 14.3. The molecule has 0 aliphatic carbocycles. The first-order chi connectivity index (χ1) is 15.8. The number of para-hydroxylation sites is 1. The van der Waals surface area contributed by atoms with Gasteiger partial charge in [0.05, 0.1) is 24.1 Å². The Kier molecular flexibility index (Phi) is 4.39. The van der Waals surface area contributed by atoms with Crippen LogP contribution in [-0.2, 0) is 4.74 Å². The van der Waals surface area contributed by atoms with E-state index in [-0.39, 0.29) is 0 Å². The molecule has 1 aliphatic heterocycles. The standard InChI is InChI=1S/C23H22N8O/c24-20-17-3-1-2-4-19(17)31(29-20)22-18-9-10-25-21(18)27-23(28-22)26-15-5-7-16(8-6-15)30-11-13-32-14-12-30/h1-10H,11-14H2,(H2,24,29)(H2,25,26,27,28). The number of morpholine rings is 1. The fourth-order valence-electron chi connectivity index (χ4n) is 4.10. The quantitative estimate of drug-likeness (QED) is 0.404. The lowest BCUT2D eigenvalue weighted by molar-refractivity contribution is 0.122. The van der Waals surface area contributed by atoms with Gasteiger partial charge in [-0.3, -0.25) is 0 Å². The molecular weight excluding hydrogens is 404 g/mol. The summed E-state index contributed by atoms with van der Waals surface area (Å²) in [6, 6.07) is 18.1. The third kappa shape index (κ3) is 3.19. The zero-order valence-electron chi connectivity index (χ0n) is 17.3. The molecule has 9 heteroatoms. The molecule has 1 fully saturated rings. The van der Waals surface area contributed by atoms with E-state index in [1.807, 2.05) is 48.7 Å². The van der Waals surface area contributed by atoms with Gasteiger partial charge in [-0.1, -0.05) is 12.1 Å². The number of fused-ring (bicyclic) bond motifs is 2. The molecule has 160 valence electrons. The largest absolute Gasteiger partial charge is 0.382 e. The first kappa shape index (κ1) is 18.6. The van der Waals surface area contributed by atoms with Crippen LogP contribution in [0.3, 0.4) is 0 Å². The third-order valence-corrected chi connectivity index (χ3v) is 5.71. The summed E-state index contributed by atoms with van der Waals surface area (Å²) < 4.78 is 7.21. The molecule has 0 atom stereocenters. The van der Waals surface area contributed by atoms with E-state index < -0.39 is 0 Å². The van der Waals surface area contributed by atoms with E-state index in [1.54, 1.807) is 4.68 Å². The fraction of sp³-hybridized carbons (Fsp3) is 0.174. The van der Waals surface area contributed by atoms with Crippen molar-refractivity contribution in [1.82, 2.24) is 24.7 Å². The molecule has 4 N–H and O–H groups in total. The van der Waals surface area contributed by atoms with Crippen molar-refractivity contribution in [3.05, 3.63) is 60.8 Å². The Hall–Kier alpha value is -4.11. The summed E-state index contributed by atoms with van der Waals surface area (Å²) in [5.74, 6) is 1.61. The molecule has 32 heavy (non-hydrogen) atoms. The van der Waals surface area contributed by atoms with Crippen LogP contribution in [0.5, 0.6) is 0 Å². The Bertz CT molecular complexity index is 1400. The van der Waals surface area contributed by atoms with Crippen molar-refractivity contribution in [2.45, 2.75) is 0 Å². The van der Waals surface area contributed by atoms with Crippen LogP contribution in [-0.4, -0.2) is 51.0 Å². The van der Waals surface area contributed by atoms with E-state index in [0.29, 0.717) is 17.6 Å². The van der Waals surface area contributed by atoms with Crippen molar-refractivity contribution in [2.75, 3.05) is 42.3 Å². The minimum absolute atomic E-state index is 0.469. The van der Waals surface area contributed by atoms with E-state index in [0.717, 1.165) is 53.9 Å². The summed E-state index contributed by atoms with van der Waals surface area (Å²) in [7, 11) is 0. The van der Waals surface area contributed by atoms with Gasteiger partial charge < -0.3 is 25.7 Å². The molecule has 0 spiro atoms. The number of hydrogen-bond acceptors (Lipinski definition) is 7. The van der Waals surface area contributed by atoms with Crippen molar-refractivity contribution < 1.29 is 4.74 Å². The second-order valence-electron chi connectivity index (χ2n) is 7.70. The summed E-state index contributed by atoms with van der Waals surface area (Å²) in [6.45, 7) is 3.34. The summed E-state index contributed by atoms with van der Waals surface area (Å²) >= 11 is 0. The molecule has 2 aromatic carbocycles. The van der Waals surface area contributed by atoms with Crippen LogP contribution < -0.4 is 16.0 Å². The number of ether oxygens (including phenoxy) is 1. The van der Waals surface area contributed by atoms with Gasteiger partial charge in [0.15, 0.2) is 11.6 Å². The molecular formula is C23H22N8O. The van der Waals surface area contributed by atoms with Crippen LogP contribution in [0, 0.1) is 0 Å². The summed E-state index contributed by atoms with van der Waals surface area (Å²) in [5.41, 5.74) is 9.86. The van der Waals surface area contributed by atoms with Crippen LogP contribution in [0.4, 0.5) is 23.1 Å². The van der Waals surface area contributed by atoms with Crippen molar-refractivity contribution in [3.8, 4) is 5.82 Å². The number of anilines is 4. The second-order valence-corrected chi connectivity index (χ2v) is 7.70. The number of nitrogens with one attached hydrogen (secondary N) is 2. The third-order valence-electron chi connectivity index (χ3n) is 5.71. The molecule has 3 aromatic heterocycles. The number of aromatic nitrogens is 5. The first-order valence-corrected chi connectivity index (χ1v) is 10.5. The van der Waals surface area contributed by atoms with E-state index in [1.165, 1.54) is 5.69 Å². The van der Waals surface area contributed by atoms with Gasteiger partial charge in [0, 0.05) is 36.0 Å². The average Bonchev–Trinajstić information content (AvgIpc) is 3.44. The Morgan fingerprint density at radius 1 is 0.938 bits per heavy atom. The number of nitrogens with two attached hydrogens (primary N) is 1. The molecule has 9 nitrogen and oxygen atoms in total. The molecule has 4 heterocycles. The maximum absolute atomic E-state index is 6.16. The van der Waals surface area contributed by atoms with Crippen LogP contribution >= 0.6 is 0 Å². The average molecular weight is 426 g/mol. The van der Waals surface area contributed by atoms with E-state index >= 15 is 0 Å². The number of rotatable bonds is 4. The lowest BCUT2D eigenvalue weighted by Gasteiger charge is -2.28. The fourth-order valence-corrected chi connectivity index (χ4v) is 4.10. The Morgan fingerprint density at radius 3 is 2.59 bits per heavy atom. The molecule has 0 unspecified atom stereocenters. The minimum Gasteiger partial charge on any atom is -0.382 e. The molecule has 5 aromatic rings. The summed E-state index contributed by atoms with van der Waals surface area (Å²) in [5, 5.41) is 9.63. The molecule has 0 radical (unpaired) electrons. The number of aromatic amines is 1. The zero-order chi connectivity index (χ0) is 21.5. The highest BCUT2D eigenvalue weighted by molar-refractivity contribution is 5.93. The maximum Gasteiger partial charge on any atom is 0.231 e. The van der Waals surface area contributed by atoms with Crippen LogP contribution in [0.25, 0.3) is 27.8 Å². The molecule has 1 saturated heterocycles. The zero-order valence-corrected chi connectivity index (χ0v) is 17.3. The van der Waals surface area contributed by atoms with Crippen molar-refractivity contribution in [3.63, 3.8) is 0 Å². The Balaban J connectivity index is 1.37. The highest BCUT2D eigenvalue weighted by atomic mass is 16.5. The Labute approximate surface area is 183 Å². The van der Waals surface area contributed by atoms with Gasteiger partial charge in [-0.25, -0.2) is 4.68 Å². The van der Waals surface area contributed by atoms with Gasteiger partial charge in [0.1, 0.15) is 5.65 Å². The second kappa shape index (κ2) is 7.54. The monoisotopic (exact) mass is 426 g/mol. The highest BCUT2D eigenvalue weighted by Crippen LogP contribution is 2.28. The lowest BCUT2D eigenvalue weighted by atomic mass is 10.2. The van der Waals surface area contributed by atoms with Crippen molar-refractivity contribution in [2.24, 2.45) is 0 Å². The molecule has 1 aliphatic rings. The van der Waals surface area contributed by atoms with Gasteiger partial charge in [-0.15, -0.1) is 5.10 Å². The van der Waals surface area contributed by atoms with Gasteiger partial charge in [-0.2, -0.15) is 9.97 Å². The number of benzene rings is 2. The topological polar surface area (TPSA) is 110 Å². The van der Waals surface area contributed by atoms with E-state index in [2.05, 4.69) is 37.4 Å². The van der Waals surface area contributed by atoms with E-state index in [9.17, 15) is 0 Å². The molecule has 0 saturated carbocycles. The van der Waals surface area contributed by atoms with Crippen LogP contribution in [0.15, 0.2) is 60.8 Å². The lowest BCUT2D eigenvalue weighted by Crippen LogP contribution is -2.36. The van der Waals surface area contributed by atoms with Crippen molar-refractivity contribution in [1.29, 1.82) is 0 Å². The SMILES string of the molecule is Nc1nn(-c2nc(Nc3ccc(N4CCOCC4)cc3)nc3[nH]ccc23)c2ccccc12. The van der Waals surface area contributed by atoms with Gasteiger partial charge in [0.25, 0.3) is 0 Å².